The molecule has 0 bridgehead atoms. The van der Waals surface area contributed by atoms with Crippen molar-refractivity contribution >= 4 is 34.9 Å². The minimum atomic E-state index is -0.363. The van der Waals surface area contributed by atoms with Gasteiger partial charge in [-0.15, -0.1) is 0 Å². The Morgan fingerprint density at radius 1 is 1.25 bits per heavy atom. The minimum absolute atomic E-state index is 0.341. The zero-order valence-electron chi connectivity index (χ0n) is 10.8. The van der Waals surface area contributed by atoms with Crippen LogP contribution in [0.2, 0.25) is 0 Å². The predicted octanol–water partition coefficient (Wildman–Crippen LogP) is 1.79. The highest BCUT2D eigenvalue weighted by molar-refractivity contribution is 8.18. The molecular weight excluding hydrogens is 276 g/mol. The van der Waals surface area contributed by atoms with Gasteiger partial charge in [0.1, 0.15) is 0 Å². The molecule has 2 aliphatic heterocycles. The third-order valence-corrected chi connectivity index (χ3v) is 4.03. The van der Waals surface area contributed by atoms with Gasteiger partial charge in [-0.25, -0.2) is 9.97 Å². The molecule has 0 saturated carbocycles. The van der Waals surface area contributed by atoms with E-state index in [9.17, 15) is 9.59 Å². The van der Waals surface area contributed by atoms with Gasteiger partial charge in [-0.2, -0.15) is 0 Å². The molecule has 0 unspecified atom stereocenters. The molecule has 0 spiro atoms. The molecule has 0 radical (unpaired) electrons. The zero-order chi connectivity index (χ0) is 13.9. The molecule has 3 heterocycles. The highest BCUT2D eigenvalue weighted by Crippen LogP contribution is 2.25. The summed E-state index contributed by atoms with van der Waals surface area (Å²) in [6, 6.07) is 1.73. The Balaban J connectivity index is 1.82. The van der Waals surface area contributed by atoms with Gasteiger partial charge in [0.15, 0.2) is 0 Å². The van der Waals surface area contributed by atoms with Crippen molar-refractivity contribution < 1.29 is 9.59 Å². The maximum atomic E-state index is 11.5. The van der Waals surface area contributed by atoms with Crippen molar-refractivity contribution in [2.45, 2.75) is 19.3 Å². The number of piperidine rings is 1. The van der Waals surface area contributed by atoms with Gasteiger partial charge in [-0.05, 0) is 43.2 Å². The van der Waals surface area contributed by atoms with Crippen molar-refractivity contribution in [3.05, 3.63) is 22.9 Å². The topological polar surface area (TPSA) is 75.2 Å². The number of amides is 2. The van der Waals surface area contributed by atoms with Crippen LogP contribution in [0, 0.1) is 0 Å². The van der Waals surface area contributed by atoms with E-state index in [-0.39, 0.29) is 11.1 Å². The van der Waals surface area contributed by atoms with Crippen molar-refractivity contribution in [3.8, 4) is 0 Å². The Morgan fingerprint density at radius 2 is 2.05 bits per heavy atom. The molecule has 0 atom stereocenters. The van der Waals surface area contributed by atoms with Crippen molar-refractivity contribution in [1.82, 2.24) is 15.3 Å². The number of imide groups is 1. The van der Waals surface area contributed by atoms with Gasteiger partial charge < -0.3 is 4.90 Å². The van der Waals surface area contributed by atoms with Gasteiger partial charge in [0.25, 0.3) is 11.1 Å². The summed E-state index contributed by atoms with van der Waals surface area (Å²) in [5.41, 5.74) is 0.646. The first-order valence-electron chi connectivity index (χ1n) is 6.55. The zero-order valence-corrected chi connectivity index (χ0v) is 11.7. The lowest BCUT2D eigenvalue weighted by Gasteiger charge is -2.26. The van der Waals surface area contributed by atoms with Gasteiger partial charge in [0.2, 0.25) is 5.95 Å². The maximum absolute atomic E-state index is 11.5. The van der Waals surface area contributed by atoms with Crippen molar-refractivity contribution in [3.63, 3.8) is 0 Å². The first-order chi connectivity index (χ1) is 9.72. The summed E-state index contributed by atoms with van der Waals surface area (Å²) < 4.78 is 0. The molecule has 0 aliphatic carbocycles. The van der Waals surface area contributed by atoms with E-state index in [1.165, 1.54) is 6.42 Å². The van der Waals surface area contributed by atoms with Crippen LogP contribution in [-0.2, 0) is 4.79 Å². The fourth-order valence-electron chi connectivity index (χ4n) is 2.24. The number of aromatic nitrogens is 2. The lowest BCUT2D eigenvalue weighted by Crippen LogP contribution is -2.31. The lowest BCUT2D eigenvalue weighted by atomic mass is 10.1. The van der Waals surface area contributed by atoms with Gasteiger partial charge in [-0.1, -0.05) is 0 Å². The van der Waals surface area contributed by atoms with Crippen LogP contribution in [0.4, 0.5) is 10.7 Å². The van der Waals surface area contributed by atoms with E-state index in [2.05, 4.69) is 20.2 Å². The molecular formula is C13H14N4O2S. The summed E-state index contributed by atoms with van der Waals surface area (Å²) in [6.07, 6.45) is 6.87. The highest BCUT2D eigenvalue weighted by Gasteiger charge is 2.25. The van der Waals surface area contributed by atoms with Gasteiger partial charge in [0.05, 0.1) is 10.6 Å². The molecule has 1 N–H and O–H groups in total. The molecule has 2 aliphatic rings. The second-order valence-electron chi connectivity index (χ2n) is 4.68. The van der Waals surface area contributed by atoms with Crippen molar-refractivity contribution in [1.29, 1.82) is 0 Å². The Kier molecular flexibility index (Phi) is 3.68. The van der Waals surface area contributed by atoms with Crippen molar-refractivity contribution in [2.75, 3.05) is 18.0 Å². The Morgan fingerprint density at radius 3 is 2.75 bits per heavy atom. The largest absolute Gasteiger partial charge is 0.341 e. The molecule has 2 amide bonds. The summed E-state index contributed by atoms with van der Waals surface area (Å²) in [7, 11) is 0. The van der Waals surface area contributed by atoms with Crippen LogP contribution >= 0.6 is 11.8 Å². The molecule has 104 valence electrons. The molecule has 7 heteroatoms. The Bertz CT molecular complexity index is 581. The molecule has 1 aromatic heterocycles. The quantitative estimate of drug-likeness (QED) is 0.837. The normalized spacial score (nSPS) is 21.4. The summed E-state index contributed by atoms with van der Waals surface area (Å²) in [5, 5.41) is 1.89. The molecule has 2 saturated heterocycles. The first-order valence-corrected chi connectivity index (χ1v) is 7.37. The third kappa shape index (κ3) is 2.82. The fraction of sp³-hybridized carbons (Fsp3) is 0.385. The summed E-state index contributed by atoms with van der Waals surface area (Å²) >= 11 is 0.897. The van der Waals surface area contributed by atoms with E-state index in [1.807, 2.05) is 0 Å². The second kappa shape index (κ2) is 5.62. The van der Waals surface area contributed by atoms with E-state index in [4.69, 9.17) is 0 Å². The van der Waals surface area contributed by atoms with E-state index in [0.29, 0.717) is 16.5 Å². The molecule has 20 heavy (non-hydrogen) atoms. The summed E-state index contributed by atoms with van der Waals surface area (Å²) in [4.78, 5) is 33.9. The average Bonchev–Trinajstić information content (AvgIpc) is 2.78. The Labute approximate surface area is 120 Å². The molecule has 1 aromatic rings. The van der Waals surface area contributed by atoms with Crippen LogP contribution in [0.1, 0.15) is 25.0 Å². The van der Waals surface area contributed by atoms with E-state index in [1.54, 1.807) is 18.3 Å². The second-order valence-corrected chi connectivity index (χ2v) is 5.70. The first kappa shape index (κ1) is 13.1. The monoisotopic (exact) mass is 290 g/mol. The van der Waals surface area contributed by atoms with Crippen molar-refractivity contribution in [2.24, 2.45) is 0 Å². The van der Waals surface area contributed by atoms with Crippen LogP contribution in [0.25, 0.3) is 6.08 Å². The number of hydrogen-bond donors (Lipinski definition) is 1. The summed E-state index contributed by atoms with van der Waals surface area (Å²) in [5.74, 6) is 0.326. The number of thioether (sulfide) groups is 1. The number of rotatable bonds is 2. The number of carbonyl (C=O) groups is 2. The van der Waals surface area contributed by atoms with Crippen LogP contribution in [-0.4, -0.2) is 34.2 Å². The van der Waals surface area contributed by atoms with Gasteiger partial charge >= 0.3 is 0 Å². The van der Waals surface area contributed by atoms with Gasteiger partial charge in [-0.3, -0.25) is 14.9 Å². The molecule has 3 rings (SSSR count). The Hall–Kier alpha value is -1.89. The predicted molar refractivity (Wildman–Crippen MR) is 77.2 cm³/mol. The van der Waals surface area contributed by atoms with Crippen LogP contribution in [0.5, 0.6) is 0 Å². The van der Waals surface area contributed by atoms with Crippen LogP contribution in [0.15, 0.2) is 17.2 Å². The number of hydrogen-bond acceptors (Lipinski definition) is 6. The molecule has 0 aromatic carbocycles. The van der Waals surface area contributed by atoms with Crippen LogP contribution in [0.3, 0.4) is 0 Å². The van der Waals surface area contributed by atoms with E-state index >= 15 is 0 Å². The van der Waals surface area contributed by atoms with Gasteiger partial charge in [0, 0.05) is 19.3 Å². The standard InChI is InChI=1S/C13H14N4O2S/c18-11-10(20-13(19)16-11)8-9-4-5-14-12(15-9)17-6-2-1-3-7-17/h4-5,8H,1-3,6-7H2,(H,16,18,19)/b10-8-. The fourth-order valence-corrected chi connectivity index (χ4v) is 2.91. The molecule has 2 fully saturated rings. The highest BCUT2D eigenvalue weighted by atomic mass is 32.2. The summed E-state index contributed by atoms with van der Waals surface area (Å²) in [6.45, 7) is 1.93. The van der Waals surface area contributed by atoms with E-state index in [0.717, 1.165) is 37.7 Å². The number of nitrogens with zero attached hydrogens (tertiary/aromatic N) is 3. The number of anilines is 1. The minimum Gasteiger partial charge on any atom is -0.341 e. The van der Waals surface area contributed by atoms with E-state index < -0.39 is 0 Å². The smallest absolute Gasteiger partial charge is 0.290 e. The lowest BCUT2D eigenvalue weighted by molar-refractivity contribution is -0.115. The molecule has 6 nitrogen and oxygen atoms in total. The average molecular weight is 290 g/mol. The number of nitrogens with one attached hydrogen (secondary N) is 1. The SMILES string of the molecule is O=C1NC(=O)/C(=C/c2ccnc(N3CCCCC3)n2)S1. The van der Waals surface area contributed by atoms with Crippen LogP contribution < -0.4 is 10.2 Å². The number of carbonyl (C=O) groups excluding carboxylic acids is 2. The maximum Gasteiger partial charge on any atom is 0.290 e. The third-order valence-electron chi connectivity index (χ3n) is 3.22.